The van der Waals surface area contributed by atoms with Gasteiger partial charge in [0.15, 0.2) is 16.6 Å². The first-order chi connectivity index (χ1) is 11.1. The summed E-state index contributed by atoms with van der Waals surface area (Å²) in [4.78, 5) is 16.6. The van der Waals surface area contributed by atoms with Crippen LogP contribution in [0, 0.1) is 5.92 Å². The van der Waals surface area contributed by atoms with Crippen LogP contribution in [-0.4, -0.2) is 23.7 Å². The second-order valence-corrected chi connectivity index (χ2v) is 6.36. The number of rotatable bonds is 5. The van der Waals surface area contributed by atoms with E-state index in [-0.39, 0.29) is 18.6 Å². The third-order valence-electron chi connectivity index (χ3n) is 3.96. The van der Waals surface area contributed by atoms with Crippen molar-refractivity contribution in [3.8, 4) is 22.8 Å². The molecule has 122 valence electrons. The lowest BCUT2D eigenvalue weighted by molar-refractivity contribution is -0.118. The fraction of sp³-hybridized carbons (Fsp3) is 0.375. The van der Waals surface area contributed by atoms with Gasteiger partial charge in [0.2, 0.25) is 12.7 Å². The Morgan fingerprint density at radius 2 is 2.22 bits per heavy atom. The standard InChI is InChI=1S/C16H19N3O3S/c1-3-9(2)14(17)15(20)19-16-18-11(7-23-16)10-4-5-12-13(6-10)22-8-21-12/h4-7,9,14H,3,8,17H2,1-2H3,(H,18,19,20). The molecule has 0 bridgehead atoms. The smallest absolute Gasteiger partial charge is 0.243 e. The Morgan fingerprint density at radius 3 is 3.00 bits per heavy atom. The number of amides is 1. The zero-order chi connectivity index (χ0) is 16.4. The number of ether oxygens (including phenoxy) is 2. The number of hydrogen-bond acceptors (Lipinski definition) is 6. The molecule has 2 aromatic rings. The molecule has 1 aromatic carbocycles. The van der Waals surface area contributed by atoms with E-state index in [1.54, 1.807) is 0 Å². The lowest BCUT2D eigenvalue weighted by atomic mass is 10.00. The predicted molar refractivity (Wildman–Crippen MR) is 89.7 cm³/mol. The first-order valence-corrected chi connectivity index (χ1v) is 8.38. The molecule has 2 unspecified atom stereocenters. The molecule has 6 nitrogen and oxygen atoms in total. The van der Waals surface area contributed by atoms with Gasteiger partial charge in [0.25, 0.3) is 0 Å². The normalized spacial score (nSPS) is 15.3. The maximum atomic E-state index is 12.1. The predicted octanol–water partition coefficient (Wildman–Crippen LogP) is 2.85. The van der Waals surface area contributed by atoms with Gasteiger partial charge in [-0.25, -0.2) is 4.98 Å². The molecule has 1 aliphatic heterocycles. The molecule has 0 saturated carbocycles. The first kappa shape index (κ1) is 15.8. The largest absolute Gasteiger partial charge is 0.454 e. The SMILES string of the molecule is CCC(C)C(N)C(=O)Nc1nc(-c2ccc3c(c2)OCO3)cs1. The van der Waals surface area contributed by atoms with E-state index < -0.39 is 6.04 Å². The molecular formula is C16H19N3O3S. The quantitative estimate of drug-likeness (QED) is 0.878. The molecule has 7 heteroatoms. The Hall–Kier alpha value is -2.12. The summed E-state index contributed by atoms with van der Waals surface area (Å²) >= 11 is 1.37. The molecule has 0 spiro atoms. The van der Waals surface area contributed by atoms with Crippen molar-refractivity contribution in [1.82, 2.24) is 4.98 Å². The van der Waals surface area contributed by atoms with Gasteiger partial charge in [-0.2, -0.15) is 0 Å². The molecule has 0 saturated heterocycles. The number of nitrogens with one attached hydrogen (secondary N) is 1. The number of anilines is 1. The van der Waals surface area contributed by atoms with E-state index in [1.807, 2.05) is 37.4 Å². The molecular weight excluding hydrogens is 314 g/mol. The molecule has 3 N–H and O–H groups in total. The number of thiazole rings is 1. The number of nitrogens with two attached hydrogens (primary N) is 1. The number of nitrogens with zero attached hydrogens (tertiary/aromatic N) is 1. The maximum Gasteiger partial charge on any atom is 0.243 e. The Labute approximate surface area is 138 Å². The number of fused-ring (bicyclic) bond motifs is 1. The molecule has 0 radical (unpaired) electrons. The van der Waals surface area contributed by atoms with Gasteiger partial charge in [0, 0.05) is 10.9 Å². The minimum atomic E-state index is -0.530. The fourth-order valence-electron chi connectivity index (χ4n) is 2.22. The van der Waals surface area contributed by atoms with Gasteiger partial charge >= 0.3 is 0 Å². The van der Waals surface area contributed by atoms with E-state index >= 15 is 0 Å². The van der Waals surface area contributed by atoms with E-state index in [0.29, 0.717) is 10.9 Å². The summed E-state index contributed by atoms with van der Waals surface area (Å²) in [5.74, 6) is 1.37. The zero-order valence-corrected chi connectivity index (χ0v) is 13.9. The van der Waals surface area contributed by atoms with Crippen molar-refractivity contribution in [2.75, 3.05) is 12.1 Å². The van der Waals surface area contributed by atoms with Gasteiger partial charge in [0.05, 0.1) is 11.7 Å². The highest BCUT2D eigenvalue weighted by Crippen LogP contribution is 2.36. The van der Waals surface area contributed by atoms with Crippen LogP contribution in [0.2, 0.25) is 0 Å². The van der Waals surface area contributed by atoms with Crippen LogP contribution in [0.3, 0.4) is 0 Å². The molecule has 0 fully saturated rings. The van der Waals surface area contributed by atoms with Crippen molar-refractivity contribution in [2.24, 2.45) is 11.7 Å². The minimum absolute atomic E-state index is 0.128. The molecule has 2 atom stereocenters. The molecule has 1 aromatic heterocycles. The van der Waals surface area contributed by atoms with Crippen LogP contribution in [0.5, 0.6) is 11.5 Å². The number of benzene rings is 1. The molecule has 3 rings (SSSR count). The van der Waals surface area contributed by atoms with Crippen molar-refractivity contribution in [3.05, 3.63) is 23.6 Å². The van der Waals surface area contributed by atoms with E-state index in [0.717, 1.165) is 23.4 Å². The maximum absolute atomic E-state index is 12.1. The number of carbonyl (C=O) groups is 1. The van der Waals surface area contributed by atoms with Crippen molar-refractivity contribution in [1.29, 1.82) is 0 Å². The minimum Gasteiger partial charge on any atom is -0.454 e. The van der Waals surface area contributed by atoms with E-state index in [2.05, 4.69) is 10.3 Å². The van der Waals surface area contributed by atoms with Crippen LogP contribution in [-0.2, 0) is 4.79 Å². The van der Waals surface area contributed by atoms with Crippen LogP contribution in [0.25, 0.3) is 11.3 Å². The van der Waals surface area contributed by atoms with Gasteiger partial charge in [0.1, 0.15) is 0 Å². The Balaban J connectivity index is 1.72. The Bertz CT molecular complexity index is 716. The lowest BCUT2D eigenvalue weighted by Gasteiger charge is -2.16. The summed E-state index contributed by atoms with van der Waals surface area (Å²) in [6, 6.07) is 5.12. The summed E-state index contributed by atoms with van der Waals surface area (Å²) in [6.45, 7) is 4.22. The third kappa shape index (κ3) is 3.30. The van der Waals surface area contributed by atoms with Crippen molar-refractivity contribution in [3.63, 3.8) is 0 Å². The summed E-state index contributed by atoms with van der Waals surface area (Å²) < 4.78 is 10.7. The van der Waals surface area contributed by atoms with Crippen molar-refractivity contribution in [2.45, 2.75) is 26.3 Å². The summed E-state index contributed by atoms with van der Waals surface area (Å²) in [7, 11) is 0. The van der Waals surface area contributed by atoms with Crippen molar-refractivity contribution < 1.29 is 14.3 Å². The summed E-state index contributed by atoms with van der Waals surface area (Å²) in [6.07, 6.45) is 0.856. The van der Waals surface area contributed by atoms with Gasteiger partial charge in [-0.1, -0.05) is 20.3 Å². The van der Waals surface area contributed by atoms with E-state index in [1.165, 1.54) is 11.3 Å². The second kappa shape index (κ2) is 6.55. The van der Waals surface area contributed by atoms with Crippen LogP contribution < -0.4 is 20.5 Å². The van der Waals surface area contributed by atoms with Crippen LogP contribution in [0.1, 0.15) is 20.3 Å². The highest BCUT2D eigenvalue weighted by Gasteiger charge is 2.21. The fourth-order valence-corrected chi connectivity index (χ4v) is 2.94. The van der Waals surface area contributed by atoms with Crippen LogP contribution in [0.15, 0.2) is 23.6 Å². The van der Waals surface area contributed by atoms with E-state index in [4.69, 9.17) is 15.2 Å². The highest BCUT2D eigenvalue weighted by atomic mass is 32.1. The molecule has 2 heterocycles. The van der Waals surface area contributed by atoms with Gasteiger partial charge in [-0.05, 0) is 24.1 Å². The summed E-state index contributed by atoms with van der Waals surface area (Å²) in [5, 5.41) is 5.22. The average Bonchev–Trinajstić information content (AvgIpc) is 3.21. The lowest BCUT2D eigenvalue weighted by Crippen LogP contribution is -2.40. The summed E-state index contributed by atoms with van der Waals surface area (Å²) in [5.41, 5.74) is 7.63. The molecule has 1 amide bonds. The zero-order valence-electron chi connectivity index (χ0n) is 13.0. The van der Waals surface area contributed by atoms with Crippen LogP contribution in [0.4, 0.5) is 5.13 Å². The Kier molecular flexibility index (Phi) is 4.49. The topological polar surface area (TPSA) is 86.5 Å². The monoisotopic (exact) mass is 333 g/mol. The molecule has 0 aliphatic carbocycles. The number of carbonyl (C=O) groups excluding carboxylic acids is 1. The van der Waals surface area contributed by atoms with E-state index in [9.17, 15) is 4.79 Å². The molecule has 1 aliphatic rings. The number of aromatic nitrogens is 1. The van der Waals surface area contributed by atoms with Crippen LogP contribution >= 0.6 is 11.3 Å². The third-order valence-corrected chi connectivity index (χ3v) is 4.72. The van der Waals surface area contributed by atoms with Gasteiger partial charge in [-0.15, -0.1) is 11.3 Å². The second-order valence-electron chi connectivity index (χ2n) is 5.51. The first-order valence-electron chi connectivity index (χ1n) is 7.50. The highest BCUT2D eigenvalue weighted by molar-refractivity contribution is 7.14. The Morgan fingerprint density at radius 1 is 1.43 bits per heavy atom. The van der Waals surface area contributed by atoms with Gasteiger partial charge in [-0.3, -0.25) is 4.79 Å². The van der Waals surface area contributed by atoms with Gasteiger partial charge < -0.3 is 20.5 Å². The average molecular weight is 333 g/mol. The van der Waals surface area contributed by atoms with Crippen molar-refractivity contribution >= 4 is 22.4 Å². The number of hydrogen-bond donors (Lipinski definition) is 2. The molecule has 23 heavy (non-hydrogen) atoms.